The van der Waals surface area contributed by atoms with Crippen molar-refractivity contribution in [2.45, 2.75) is 51.1 Å². The third kappa shape index (κ3) is 2.66. The van der Waals surface area contributed by atoms with Crippen molar-refractivity contribution in [1.29, 1.82) is 5.26 Å². The lowest BCUT2D eigenvalue weighted by atomic mass is 10.0. The molecule has 0 N–H and O–H groups in total. The lowest BCUT2D eigenvalue weighted by molar-refractivity contribution is -0.132. The second-order valence-electron chi connectivity index (χ2n) is 6.07. The molecule has 0 unspecified atom stereocenters. The normalized spacial score (nSPS) is 24.5. The first-order valence-corrected chi connectivity index (χ1v) is 8.17. The van der Waals surface area contributed by atoms with Crippen LogP contribution in [0.25, 0.3) is 0 Å². The van der Waals surface area contributed by atoms with E-state index in [0.29, 0.717) is 24.1 Å². The van der Waals surface area contributed by atoms with Gasteiger partial charge in [0.15, 0.2) is 0 Å². The first kappa shape index (κ1) is 14.8. The van der Waals surface area contributed by atoms with Crippen LogP contribution in [0.4, 0.5) is 5.82 Å². The van der Waals surface area contributed by atoms with Crippen LogP contribution in [-0.4, -0.2) is 41.0 Å². The Bertz CT molecular complexity index is 577. The molecule has 0 spiro atoms. The molecule has 2 aliphatic rings. The second-order valence-corrected chi connectivity index (χ2v) is 6.07. The van der Waals surface area contributed by atoms with Gasteiger partial charge in [-0.3, -0.25) is 4.79 Å². The van der Waals surface area contributed by atoms with Gasteiger partial charge in [0.05, 0.1) is 17.6 Å². The van der Waals surface area contributed by atoms with E-state index in [9.17, 15) is 4.79 Å². The van der Waals surface area contributed by atoms with Crippen molar-refractivity contribution < 1.29 is 4.79 Å². The van der Waals surface area contributed by atoms with E-state index in [2.05, 4.69) is 20.9 Å². The van der Waals surface area contributed by atoms with Crippen molar-refractivity contribution in [3.63, 3.8) is 0 Å². The minimum absolute atomic E-state index is 0.266. The summed E-state index contributed by atoms with van der Waals surface area (Å²) in [4.78, 5) is 21.0. The number of likely N-dealkylation sites (tertiary alicyclic amines) is 1. The van der Waals surface area contributed by atoms with E-state index in [1.54, 1.807) is 6.20 Å². The molecule has 0 aromatic carbocycles. The zero-order chi connectivity index (χ0) is 15.5. The van der Waals surface area contributed by atoms with E-state index in [1.165, 1.54) is 0 Å². The van der Waals surface area contributed by atoms with E-state index in [4.69, 9.17) is 5.26 Å². The summed E-state index contributed by atoms with van der Waals surface area (Å²) in [6, 6.07) is 6.53. The highest BCUT2D eigenvalue weighted by Gasteiger charge is 2.39. The van der Waals surface area contributed by atoms with Crippen LogP contribution in [0.3, 0.4) is 0 Å². The average Bonchev–Trinajstić information content (AvgIpc) is 3.22. The van der Waals surface area contributed by atoms with Gasteiger partial charge in [-0.15, -0.1) is 0 Å². The van der Waals surface area contributed by atoms with Crippen molar-refractivity contribution in [3.8, 4) is 6.07 Å². The quantitative estimate of drug-likeness (QED) is 0.859. The fraction of sp³-hybridized carbons (Fsp3) is 0.588. The number of hydrogen-bond acceptors (Lipinski definition) is 4. The molecule has 1 aromatic heterocycles. The molecule has 0 saturated carbocycles. The van der Waals surface area contributed by atoms with Gasteiger partial charge in [-0.2, -0.15) is 5.26 Å². The first-order valence-electron chi connectivity index (χ1n) is 8.17. The number of hydrogen-bond donors (Lipinski definition) is 0. The van der Waals surface area contributed by atoms with Crippen molar-refractivity contribution in [3.05, 3.63) is 23.9 Å². The molecule has 5 heteroatoms. The van der Waals surface area contributed by atoms with Crippen LogP contribution in [-0.2, 0) is 4.79 Å². The minimum atomic E-state index is 0.266. The molecule has 5 nitrogen and oxygen atoms in total. The molecule has 3 heterocycles. The summed E-state index contributed by atoms with van der Waals surface area (Å²) in [5, 5.41) is 8.89. The van der Waals surface area contributed by atoms with Crippen molar-refractivity contribution in [2.75, 3.05) is 18.0 Å². The SMILES string of the molecule is CCC(=O)N1CCC[C@@H]1[C@@H]1CCCN1c1ccc(C#N)cn1. The van der Waals surface area contributed by atoms with Gasteiger partial charge in [0.25, 0.3) is 0 Å². The maximum absolute atomic E-state index is 12.2. The van der Waals surface area contributed by atoms with Crippen LogP contribution >= 0.6 is 0 Å². The maximum atomic E-state index is 12.2. The van der Waals surface area contributed by atoms with Crippen molar-refractivity contribution in [2.24, 2.45) is 0 Å². The van der Waals surface area contributed by atoms with Crippen LogP contribution < -0.4 is 4.90 Å². The highest BCUT2D eigenvalue weighted by Crippen LogP contribution is 2.32. The monoisotopic (exact) mass is 298 g/mol. The second kappa shape index (κ2) is 6.35. The fourth-order valence-corrected chi connectivity index (χ4v) is 3.80. The largest absolute Gasteiger partial charge is 0.352 e. The predicted molar refractivity (Wildman–Crippen MR) is 84.3 cm³/mol. The topological polar surface area (TPSA) is 60.2 Å². The molecule has 1 amide bonds. The third-order valence-electron chi connectivity index (χ3n) is 4.84. The molecule has 0 aliphatic carbocycles. The minimum Gasteiger partial charge on any atom is -0.352 e. The van der Waals surface area contributed by atoms with Crippen molar-refractivity contribution >= 4 is 11.7 Å². The summed E-state index contributed by atoms with van der Waals surface area (Å²) in [7, 11) is 0. The predicted octanol–water partition coefficient (Wildman–Crippen LogP) is 2.32. The van der Waals surface area contributed by atoms with E-state index in [1.807, 2.05) is 19.1 Å². The highest BCUT2D eigenvalue weighted by molar-refractivity contribution is 5.76. The van der Waals surface area contributed by atoms with Gasteiger partial charge in [-0.25, -0.2) is 4.98 Å². The Labute approximate surface area is 131 Å². The molecule has 2 saturated heterocycles. The molecule has 0 radical (unpaired) electrons. The van der Waals surface area contributed by atoms with E-state index >= 15 is 0 Å². The molecular weight excluding hydrogens is 276 g/mol. The van der Waals surface area contributed by atoms with Gasteiger partial charge in [0, 0.05) is 25.7 Å². The molecule has 2 atom stereocenters. The summed E-state index contributed by atoms with van der Waals surface area (Å²) in [6.07, 6.45) is 6.65. The van der Waals surface area contributed by atoms with Gasteiger partial charge in [0.1, 0.15) is 11.9 Å². The number of anilines is 1. The maximum Gasteiger partial charge on any atom is 0.222 e. The number of amides is 1. The number of pyridine rings is 1. The van der Waals surface area contributed by atoms with Gasteiger partial charge >= 0.3 is 0 Å². The first-order chi connectivity index (χ1) is 10.7. The van der Waals surface area contributed by atoms with Crippen LogP contribution in [0, 0.1) is 11.3 Å². The Morgan fingerprint density at radius 2 is 2.09 bits per heavy atom. The molecule has 0 bridgehead atoms. The number of rotatable bonds is 3. The van der Waals surface area contributed by atoms with E-state index in [-0.39, 0.29) is 5.91 Å². The van der Waals surface area contributed by atoms with E-state index in [0.717, 1.165) is 44.6 Å². The summed E-state index contributed by atoms with van der Waals surface area (Å²) in [6.45, 7) is 3.81. The Balaban J connectivity index is 1.80. The molecule has 22 heavy (non-hydrogen) atoms. The fourth-order valence-electron chi connectivity index (χ4n) is 3.80. The molecule has 116 valence electrons. The Kier molecular flexibility index (Phi) is 4.28. The summed E-state index contributed by atoms with van der Waals surface area (Å²) >= 11 is 0. The highest BCUT2D eigenvalue weighted by atomic mass is 16.2. The summed E-state index contributed by atoms with van der Waals surface area (Å²) in [5.74, 6) is 1.19. The Morgan fingerprint density at radius 1 is 1.32 bits per heavy atom. The van der Waals surface area contributed by atoms with Gasteiger partial charge in [0.2, 0.25) is 5.91 Å². The van der Waals surface area contributed by atoms with Gasteiger partial charge in [-0.1, -0.05) is 6.92 Å². The molecule has 1 aromatic rings. The standard InChI is InChI=1S/C17H22N4O/c1-2-17(22)21-10-4-6-15(21)14-5-3-9-20(14)16-8-7-13(11-18)12-19-16/h7-8,12,14-15H,2-6,9-10H2,1H3/t14-,15+/m0/s1. The summed E-state index contributed by atoms with van der Waals surface area (Å²) < 4.78 is 0. The number of carbonyl (C=O) groups excluding carboxylic acids is 1. The van der Waals surface area contributed by atoms with Gasteiger partial charge in [-0.05, 0) is 37.8 Å². The summed E-state index contributed by atoms with van der Waals surface area (Å²) in [5.41, 5.74) is 0.586. The number of nitriles is 1. The van der Waals surface area contributed by atoms with Crippen molar-refractivity contribution in [1.82, 2.24) is 9.88 Å². The molecular formula is C17H22N4O. The zero-order valence-electron chi connectivity index (χ0n) is 13.0. The Morgan fingerprint density at radius 3 is 2.77 bits per heavy atom. The van der Waals surface area contributed by atoms with Gasteiger partial charge < -0.3 is 9.80 Å². The number of aromatic nitrogens is 1. The number of nitrogens with zero attached hydrogens (tertiary/aromatic N) is 4. The average molecular weight is 298 g/mol. The van der Waals surface area contributed by atoms with Crippen LogP contribution in [0.2, 0.25) is 0 Å². The lowest BCUT2D eigenvalue weighted by Crippen LogP contribution is -2.48. The van der Waals surface area contributed by atoms with E-state index < -0.39 is 0 Å². The molecule has 2 aliphatic heterocycles. The molecule has 3 rings (SSSR count). The van der Waals surface area contributed by atoms with Crippen LogP contribution in [0.15, 0.2) is 18.3 Å². The lowest BCUT2D eigenvalue weighted by Gasteiger charge is -2.35. The van der Waals surface area contributed by atoms with Crippen LogP contribution in [0.5, 0.6) is 0 Å². The Hall–Kier alpha value is -2.09. The smallest absolute Gasteiger partial charge is 0.222 e. The third-order valence-corrected chi connectivity index (χ3v) is 4.84. The molecule has 2 fully saturated rings. The number of carbonyl (C=O) groups is 1. The van der Waals surface area contributed by atoms with Crippen LogP contribution in [0.1, 0.15) is 44.6 Å². The zero-order valence-corrected chi connectivity index (χ0v) is 13.0.